The van der Waals surface area contributed by atoms with E-state index in [1.807, 2.05) is 6.08 Å². The highest BCUT2D eigenvalue weighted by Gasteiger charge is 2.42. The number of hydrazone groups is 1. The fourth-order valence-corrected chi connectivity index (χ4v) is 4.51. The summed E-state index contributed by atoms with van der Waals surface area (Å²) in [5, 5.41) is 6.43. The van der Waals surface area contributed by atoms with Crippen LogP contribution in [0, 0.1) is 11.8 Å². The lowest BCUT2D eigenvalue weighted by atomic mass is 9.76. The van der Waals surface area contributed by atoms with Crippen LogP contribution in [0.4, 0.5) is 8.78 Å². The van der Waals surface area contributed by atoms with Gasteiger partial charge in [0.25, 0.3) is 0 Å². The minimum Gasteiger partial charge on any atom is -0.493 e. The molecule has 0 saturated heterocycles. The van der Waals surface area contributed by atoms with Crippen LogP contribution in [0.2, 0.25) is 0 Å². The molecule has 1 aromatic carbocycles. The number of hydrogen-bond acceptors (Lipinski definition) is 4. The third-order valence-corrected chi connectivity index (χ3v) is 5.89. The monoisotopic (exact) mass is 390 g/mol. The number of benzene rings is 1. The fourth-order valence-electron chi connectivity index (χ4n) is 4.51. The van der Waals surface area contributed by atoms with Gasteiger partial charge in [-0.1, -0.05) is 25.0 Å². The van der Waals surface area contributed by atoms with E-state index in [-0.39, 0.29) is 35.3 Å². The summed E-state index contributed by atoms with van der Waals surface area (Å²) in [6.07, 6.45) is 9.62. The molecule has 3 aliphatic rings. The van der Waals surface area contributed by atoms with E-state index in [2.05, 4.69) is 10.8 Å². The molecular weight excluding hydrogens is 366 g/mol. The maximum absolute atomic E-state index is 13.1. The standard InChI is InChI=1S/C21H24F2N2O3/c1-27-17-11-10-13(12-18(17)28-21(22)23)19-15-8-4-5-9-16(15)20(26)25(24-19)14-6-2-3-7-14/h4-5,10-12,14-16,21H,2-3,6-9H2,1H3. The molecule has 28 heavy (non-hydrogen) atoms. The van der Waals surface area contributed by atoms with Crippen LogP contribution in [0.3, 0.4) is 0 Å². The molecule has 1 fully saturated rings. The van der Waals surface area contributed by atoms with Gasteiger partial charge in [-0.15, -0.1) is 0 Å². The quantitative estimate of drug-likeness (QED) is 0.702. The molecule has 1 aliphatic heterocycles. The van der Waals surface area contributed by atoms with Crippen molar-refractivity contribution in [2.24, 2.45) is 16.9 Å². The number of fused-ring (bicyclic) bond motifs is 1. The SMILES string of the molecule is COc1ccc(C2=NN(C3CCCC3)C(=O)C3CC=CCC23)cc1OC(F)F. The van der Waals surface area contributed by atoms with Crippen molar-refractivity contribution in [2.75, 3.05) is 7.11 Å². The van der Waals surface area contributed by atoms with Crippen LogP contribution >= 0.6 is 0 Å². The van der Waals surface area contributed by atoms with Crippen molar-refractivity contribution >= 4 is 11.6 Å². The van der Waals surface area contributed by atoms with Gasteiger partial charge in [0, 0.05) is 11.5 Å². The maximum Gasteiger partial charge on any atom is 0.387 e. The van der Waals surface area contributed by atoms with Crippen LogP contribution in [-0.4, -0.2) is 36.4 Å². The molecular formula is C21H24F2N2O3. The molecule has 0 aromatic heterocycles. The second kappa shape index (κ2) is 7.89. The molecule has 2 aliphatic carbocycles. The Morgan fingerprint density at radius 3 is 2.50 bits per heavy atom. The van der Waals surface area contributed by atoms with Gasteiger partial charge in [0.1, 0.15) is 0 Å². The number of alkyl halides is 2. The minimum absolute atomic E-state index is 0.0232. The van der Waals surface area contributed by atoms with Crippen molar-refractivity contribution in [3.63, 3.8) is 0 Å². The van der Waals surface area contributed by atoms with Crippen molar-refractivity contribution in [3.8, 4) is 11.5 Å². The highest BCUT2D eigenvalue weighted by Crippen LogP contribution is 2.39. The highest BCUT2D eigenvalue weighted by atomic mass is 19.3. The summed E-state index contributed by atoms with van der Waals surface area (Å²) in [6, 6.07) is 5.08. The summed E-state index contributed by atoms with van der Waals surface area (Å²) in [4.78, 5) is 13.1. The Balaban J connectivity index is 1.75. The average Bonchev–Trinajstić information content (AvgIpc) is 3.22. The van der Waals surface area contributed by atoms with Crippen LogP contribution in [0.25, 0.3) is 0 Å². The molecule has 0 radical (unpaired) electrons. The van der Waals surface area contributed by atoms with E-state index < -0.39 is 6.61 Å². The normalized spacial score (nSPS) is 25.1. The van der Waals surface area contributed by atoms with Crippen molar-refractivity contribution < 1.29 is 23.0 Å². The summed E-state index contributed by atoms with van der Waals surface area (Å²) < 4.78 is 35.4. The predicted molar refractivity (Wildman–Crippen MR) is 101 cm³/mol. The lowest BCUT2D eigenvalue weighted by Gasteiger charge is -2.39. The number of amides is 1. The Morgan fingerprint density at radius 1 is 1.11 bits per heavy atom. The number of rotatable bonds is 5. The zero-order valence-electron chi connectivity index (χ0n) is 15.8. The van der Waals surface area contributed by atoms with Gasteiger partial charge in [0.2, 0.25) is 5.91 Å². The number of carbonyl (C=O) groups is 1. The van der Waals surface area contributed by atoms with Gasteiger partial charge in [-0.25, -0.2) is 5.01 Å². The number of hydrogen-bond donors (Lipinski definition) is 0. The zero-order chi connectivity index (χ0) is 19.7. The summed E-state index contributed by atoms with van der Waals surface area (Å²) >= 11 is 0. The molecule has 5 nitrogen and oxygen atoms in total. The van der Waals surface area contributed by atoms with Crippen molar-refractivity contribution in [2.45, 2.75) is 51.2 Å². The number of nitrogens with zero attached hydrogens (tertiary/aromatic N) is 2. The first-order valence-electron chi connectivity index (χ1n) is 9.78. The van der Waals surface area contributed by atoms with E-state index in [4.69, 9.17) is 9.84 Å². The first-order chi connectivity index (χ1) is 13.6. The Kier molecular flexibility index (Phi) is 5.33. The lowest BCUT2D eigenvalue weighted by molar-refractivity contribution is -0.140. The van der Waals surface area contributed by atoms with E-state index in [0.717, 1.165) is 31.4 Å². The Bertz CT molecular complexity index is 803. The molecule has 2 unspecified atom stereocenters. The molecule has 4 rings (SSSR count). The van der Waals surface area contributed by atoms with E-state index in [0.29, 0.717) is 18.4 Å². The molecule has 1 heterocycles. The first-order valence-corrected chi connectivity index (χ1v) is 9.78. The average molecular weight is 390 g/mol. The van der Waals surface area contributed by atoms with E-state index in [1.165, 1.54) is 7.11 Å². The lowest BCUT2D eigenvalue weighted by Crippen LogP contribution is -2.48. The largest absolute Gasteiger partial charge is 0.493 e. The Labute approximate surface area is 163 Å². The maximum atomic E-state index is 13.1. The Morgan fingerprint density at radius 2 is 1.82 bits per heavy atom. The molecule has 0 N–H and O–H groups in total. The van der Waals surface area contributed by atoms with E-state index in [1.54, 1.807) is 23.2 Å². The van der Waals surface area contributed by atoms with Gasteiger partial charge >= 0.3 is 6.61 Å². The summed E-state index contributed by atoms with van der Waals surface area (Å²) in [5.41, 5.74) is 1.46. The number of allylic oxidation sites excluding steroid dienone is 2. The molecule has 1 saturated carbocycles. The Hall–Kier alpha value is -2.44. The topological polar surface area (TPSA) is 51.1 Å². The van der Waals surface area contributed by atoms with Gasteiger partial charge in [0.05, 0.1) is 24.8 Å². The molecule has 150 valence electrons. The van der Waals surface area contributed by atoms with E-state index in [9.17, 15) is 13.6 Å². The molecule has 0 spiro atoms. The number of methoxy groups -OCH3 is 1. The van der Waals surface area contributed by atoms with Crippen LogP contribution in [-0.2, 0) is 4.79 Å². The van der Waals surface area contributed by atoms with Gasteiger partial charge in [-0.2, -0.15) is 13.9 Å². The van der Waals surface area contributed by atoms with Crippen LogP contribution in [0.1, 0.15) is 44.1 Å². The molecule has 1 amide bonds. The predicted octanol–water partition coefficient (Wildman–Crippen LogP) is 4.37. The third kappa shape index (κ3) is 3.50. The second-order valence-corrected chi connectivity index (χ2v) is 7.51. The number of carbonyl (C=O) groups excluding carboxylic acids is 1. The zero-order valence-corrected chi connectivity index (χ0v) is 15.8. The van der Waals surface area contributed by atoms with Crippen molar-refractivity contribution in [1.29, 1.82) is 0 Å². The smallest absolute Gasteiger partial charge is 0.387 e. The molecule has 1 aromatic rings. The number of ether oxygens (including phenoxy) is 2. The van der Waals surface area contributed by atoms with Crippen molar-refractivity contribution in [3.05, 3.63) is 35.9 Å². The van der Waals surface area contributed by atoms with Crippen LogP contribution < -0.4 is 9.47 Å². The molecule has 7 heteroatoms. The van der Waals surface area contributed by atoms with Crippen LogP contribution in [0.5, 0.6) is 11.5 Å². The highest BCUT2D eigenvalue weighted by molar-refractivity contribution is 6.07. The first kappa shape index (κ1) is 18.9. The third-order valence-electron chi connectivity index (χ3n) is 5.89. The van der Waals surface area contributed by atoms with Gasteiger partial charge in [0.15, 0.2) is 11.5 Å². The second-order valence-electron chi connectivity index (χ2n) is 7.51. The molecule has 2 atom stereocenters. The van der Waals surface area contributed by atoms with Crippen LogP contribution in [0.15, 0.2) is 35.5 Å². The van der Waals surface area contributed by atoms with Crippen molar-refractivity contribution in [1.82, 2.24) is 5.01 Å². The van der Waals surface area contributed by atoms with E-state index >= 15 is 0 Å². The fraction of sp³-hybridized carbons (Fsp3) is 0.524. The van der Waals surface area contributed by atoms with Gasteiger partial charge < -0.3 is 9.47 Å². The van der Waals surface area contributed by atoms with Gasteiger partial charge in [-0.05, 0) is 43.9 Å². The minimum atomic E-state index is -2.95. The summed E-state index contributed by atoms with van der Waals surface area (Å²) in [6.45, 7) is -2.95. The molecule has 0 bridgehead atoms. The van der Waals surface area contributed by atoms with Gasteiger partial charge in [-0.3, -0.25) is 4.79 Å². The summed E-state index contributed by atoms with van der Waals surface area (Å²) in [5.74, 6) is 0.0966. The summed E-state index contributed by atoms with van der Waals surface area (Å²) in [7, 11) is 1.41. The number of halogens is 2.